The van der Waals surface area contributed by atoms with Gasteiger partial charge in [0.15, 0.2) is 0 Å². The predicted molar refractivity (Wildman–Crippen MR) is 78.4 cm³/mol. The Morgan fingerprint density at radius 2 is 1.84 bits per heavy atom. The van der Waals surface area contributed by atoms with E-state index in [4.69, 9.17) is 11.6 Å². The summed E-state index contributed by atoms with van der Waals surface area (Å²) >= 11 is 5.69. The SMILES string of the molecule is CCC(CC)C(O)CNC(=O)c1ccc(CCl)cc1. The summed E-state index contributed by atoms with van der Waals surface area (Å²) in [7, 11) is 0. The van der Waals surface area contributed by atoms with Gasteiger partial charge in [-0.15, -0.1) is 11.6 Å². The van der Waals surface area contributed by atoms with E-state index in [2.05, 4.69) is 5.32 Å². The summed E-state index contributed by atoms with van der Waals surface area (Å²) in [5, 5.41) is 12.7. The molecule has 1 aromatic rings. The molecule has 0 saturated carbocycles. The van der Waals surface area contributed by atoms with Gasteiger partial charge in [0, 0.05) is 18.0 Å². The lowest BCUT2D eigenvalue weighted by atomic mass is 9.96. The zero-order valence-corrected chi connectivity index (χ0v) is 12.3. The molecule has 1 unspecified atom stereocenters. The van der Waals surface area contributed by atoms with Crippen LogP contribution in [-0.2, 0) is 5.88 Å². The van der Waals surface area contributed by atoms with Gasteiger partial charge in [0.2, 0.25) is 0 Å². The second-order valence-corrected chi connectivity index (χ2v) is 4.95. The summed E-state index contributed by atoms with van der Waals surface area (Å²) in [6, 6.07) is 7.16. The quantitative estimate of drug-likeness (QED) is 0.756. The Morgan fingerprint density at radius 1 is 1.26 bits per heavy atom. The van der Waals surface area contributed by atoms with E-state index in [1.165, 1.54) is 0 Å². The third-order valence-corrected chi connectivity index (χ3v) is 3.74. The number of hydrogen-bond acceptors (Lipinski definition) is 2. The summed E-state index contributed by atoms with van der Waals surface area (Å²) in [4.78, 5) is 11.9. The van der Waals surface area contributed by atoms with Gasteiger partial charge in [-0.3, -0.25) is 4.79 Å². The molecule has 0 aliphatic heterocycles. The fourth-order valence-corrected chi connectivity index (χ4v) is 2.22. The van der Waals surface area contributed by atoms with E-state index >= 15 is 0 Å². The lowest BCUT2D eigenvalue weighted by Crippen LogP contribution is -2.36. The van der Waals surface area contributed by atoms with E-state index in [1.807, 2.05) is 26.0 Å². The highest BCUT2D eigenvalue weighted by molar-refractivity contribution is 6.17. The third-order valence-electron chi connectivity index (χ3n) is 3.44. The number of halogens is 1. The number of aliphatic hydroxyl groups is 1. The topological polar surface area (TPSA) is 49.3 Å². The normalized spacial score (nSPS) is 12.5. The van der Waals surface area contributed by atoms with Crippen LogP contribution >= 0.6 is 11.6 Å². The van der Waals surface area contributed by atoms with Crippen LogP contribution in [0.1, 0.15) is 42.6 Å². The van der Waals surface area contributed by atoms with Gasteiger partial charge in [-0.25, -0.2) is 0 Å². The number of carbonyl (C=O) groups is 1. The smallest absolute Gasteiger partial charge is 0.251 e. The highest BCUT2D eigenvalue weighted by atomic mass is 35.5. The van der Waals surface area contributed by atoms with Crippen LogP contribution in [0.15, 0.2) is 24.3 Å². The Bertz CT molecular complexity index is 388. The maximum absolute atomic E-state index is 11.9. The molecule has 0 heterocycles. The number of amides is 1. The van der Waals surface area contributed by atoms with Gasteiger partial charge in [-0.05, 0) is 23.6 Å². The molecule has 0 saturated heterocycles. The summed E-state index contributed by atoms with van der Waals surface area (Å²) in [6.07, 6.45) is 1.34. The Morgan fingerprint density at radius 3 is 2.32 bits per heavy atom. The van der Waals surface area contributed by atoms with E-state index in [-0.39, 0.29) is 11.8 Å². The number of benzene rings is 1. The predicted octanol–water partition coefficient (Wildman–Crippen LogP) is 2.95. The molecule has 3 nitrogen and oxygen atoms in total. The third kappa shape index (κ3) is 4.84. The fourth-order valence-electron chi connectivity index (χ4n) is 2.04. The van der Waals surface area contributed by atoms with E-state index in [0.29, 0.717) is 18.0 Å². The van der Waals surface area contributed by atoms with E-state index in [9.17, 15) is 9.90 Å². The molecule has 4 heteroatoms. The molecule has 0 aromatic heterocycles. The number of rotatable bonds is 7. The Labute approximate surface area is 120 Å². The lowest BCUT2D eigenvalue weighted by molar-refractivity contribution is 0.0816. The molecular weight excluding hydrogens is 262 g/mol. The van der Waals surface area contributed by atoms with Crippen LogP contribution in [-0.4, -0.2) is 23.7 Å². The zero-order valence-electron chi connectivity index (χ0n) is 11.5. The highest BCUT2D eigenvalue weighted by Gasteiger charge is 2.16. The van der Waals surface area contributed by atoms with Crippen molar-refractivity contribution in [2.75, 3.05) is 6.54 Å². The monoisotopic (exact) mass is 283 g/mol. The number of nitrogens with one attached hydrogen (secondary N) is 1. The summed E-state index contributed by atoms with van der Waals surface area (Å²) in [5.41, 5.74) is 1.57. The Hall–Kier alpha value is -1.06. The standard InChI is InChI=1S/C15H22ClNO2/c1-3-12(4-2)14(18)10-17-15(19)13-7-5-11(9-16)6-8-13/h5-8,12,14,18H,3-4,9-10H2,1-2H3,(H,17,19). The first kappa shape index (κ1) is 16.0. The van der Waals surface area contributed by atoms with Gasteiger partial charge in [-0.2, -0.15) is 0 Å². The average Bonchev–Trinajstić information content (AvgIpc) is 2.46. The molecule has 0 aliphatic rings. The molecule has 0 radical (unpaired) electrons. The van der Waals surface area contributed by atoms with Crippen molar-refractivity contribution in [3.8, 4) is 0 Å². The second kappa shape index (κ2) is 8.18. The maximum Gasteiger partial charge on any atom is 0.251 e. The number of alkyl halides is 1. The molecule has 1 atom stereocenters. The zero-order chi connectivity index (χ0) is 14.3. The summed E-state index contributed by atoms with van der Waals surface area (Å²) in [5.74, 6) is 0.514. The van der Waals surface area contributed by atoms with E-state index < -0.39 is 6.10 Å². The molecular formula is C15H22ClNO2. The fraction of sp³-hybridized carbons (Fsp3) is 0.533. The van der Waals surface area contributed by atoms with Crippen LogP contribution in [0.2, 0.25) is 0 Å². The number of hydrogen-bond donors (Lipinski definition) is 2. The molecule has 0 spiro atoms. The van der Waals surface area contributed by atoms with Crippen molar-refractivity contribution in [1.82, 2.24) is 5.32 Å². The van der Waals surface area contributed by atoms with Gasteiger partial charge in [-0.1, -0.05) is 38.8 Å². The molecule has 1 amide bonds. The van der Waals surface area contributed by atoms with Crippen LogP contribution in [0.5, 0.6) is 0 Å². The van der Waals surface area contributed by atoms with Crippen molar-refractivity contribution in [2.45, 2.75) is 38.7 Å². The minimum atomic E-state index is -0.485. The van der Waals surface area contributed by atoms with Crippen molar-refractivity contribution >= 4 is 17.5 Å². The van der Waals surface area contributed by atoms with Crippen LogP contribution in [0.4, 0.5) is 0 Å². The first-order valence-corrected chi connectivity index (χ1v) is 7.26. The van der Waals surface area contributed by atoms with Gasteiger partial charge in [0.25, 0.3) is 5.91 Å². The second-order valence-electron chi connectivity index (χ2n) is 4.68. The van der Waals surface area contributed by atoms with Crippen molar-refractivity contribution in [2.24, 2.45) is 5.92 Å². The van der Waals surface area contributed by atoms with E-state index in [1.54, 1.807) is 12.1 Å². The molecule has 0 fully saturated rings. The minimum Gasteiger partial charge on any atom is -0.391 e. The Kier molecular flexibility index (Phi) is 6.89. The first-order valence-electron chi connectivity index (χ1n) is 6.73. The number of aliphatic hydroxyl groups excluding tert-OH is 1. The van der Waals surface area contributed by atoms with Gasteiger partial charge >= 0.3 is 0 Å². The molecule has 1 aromatic carbocycles. The van der Waals surface area contributed by atoms with Crippen molar-refractivity contribution in [3.05, 3.63) is 35.4 Å². The molecule has 2 N–H and O–H groups in total. The molecule has 0 bridgehead atoms. The highest BCUT2D eigenvalue weighted by Crippen LogP contribution is 2.12. The van der Waals surface area contributed by atoms with Crippen molar-refractivity contribution < 1.29 is 9.90 Å². The lowest BCUT2D eigenvalue weighted by Gasteiger charge is -2.20. The summed E-state index contributed by atoms with van der Waals surface area (Å²) in [6.45, 7) is 4.39. The molecule has 0 aliphatic carbocycles. The van der Waals surface area contributed by atoms with Crippen LogP contribution < -0.4 is 5.32 Å². The largest absolute Gasteiger partial charge is 0.391 e. The van der Waals surface area contributed by atoms with Gasteiger partial charge in [0.1, 0.15) is 0 Å². The van der Waals surface area contributed by atoms with E-state index in [0.717, 1.165) is 18.4 Å². The van der Waals surface area contributed by atoms with Crippen molar-refractivity contribution in [1.29, 1.82) is 0 Å². The van der Waals surface area contributed by atoms with Crippen LogP contribution in [0.3, 0.4) is 0 Å². The van der Waals surface area contributed by atoms with Crippen LogP contribution in [0.25, 0.3) is 0 Å². The molecule has 1 rings (SSSR count). The van der Waals surface area contributed by atoms with Crippen molar-refractivity contribution in [3.63, 3.8) is 0 Å². The molecule has 106 valence electrons. The van der Waals surface area contributed by atoms with Gasteiger partial charge in [0.05, 0.1) is 6.10 Å². The average molecular weight is 284 g/mol. The molecule has 19 heavy (non-hydrogen) atoms. The number of carbonyl (C=O) groups excluding carboxylic acids is 1. The Balaban J connectivity index is 2.50. The van der Waals surface area contributed by atoms with Gasteiger partial charge < -0.3 is 10.4 Å². The summed E-state index contributed by atoms with van der Waals surface area (Å²) < 4.78 is 0. The van der Waals surface area contributed by atoms with Crippen LogP contribution in [0, 0.1) is 5.92 Å². The minimum absolute atomic E-state index is 0.161. The first-order chi connectivity index (χ1) is 9.12. The maximum atomic E-state index is 11.9.